The highest BCUT2D eigenvalue weighted by molar-refractivity contribution is 5.94. The van der Waals surface area contributed by atoms with Crippen LogP contribution < -0.4 is 5.56 Å². The van der Waals surface area contributed by atoms with Gasteiger partial charge in [-0.25, -0.2) is 9.48 Å². The van der Waals surface area contributed by atoms with E-state index in [1.807, 2.05) is 44.2 Å². The summed E-state index contributed by atoms with van der Waals surface area (Å²) in [5, 5.41) is 13.9. The van der Waals surface area contributed by atoms with Gasteiger partial charge in [-0.15, -0.1) is 0 Å². The Morgan fingerprint density at radius 1 is 1.12 bits per heavy atom. The quantitative estimate of drug-likeness (QED) is 0.778. The minimum absolute atomic E-state index is 0.112. The Morgan fingerprint density at radius 2 is 1.81 bits per heavy atom. The molecule has 0 aliphatic heterocycles. The van der Waals surface area contributed by atoms with Crippen LogP contribution in [0, 0.1) is 6.92 Å². The third-order valence-corrected chi connectivity index (χ3v) is 4.19. The minimum atomic E-state index is -1.05. The minimum Gasteiger partial charge on any atom is -0.478 e. The lowest BCUT2D eigenvalue weighted by Crippen LogP contribution is -2.24. The Bertz CT molecular complexity index is 1020. The average Bonchev–Trinajstić information content (AvgIpc) is 2.62. The summed E-state index contributed by atoms with van der Waals surface area (Å²) in [7, 11) is 0. The maximum Gasteiger partial charge on any atom is 0.337 e. The second-order valence-electron chi connectivity index (χ2n) is 6.29. The van der Waals surface area contributed by atoms with Gasteiger partial charge in [0, 0.05) is 23.4 Å². The van der Waals surface area contributed by atoms with Crippen LogP contribution in [0.4, 0.5) is 0 Å². The van der Waals surface area contributed by atoms with Crippen LogP contribution in [0.25, 0.3) is 22.5 Å². The normalized spacial score (nSPS) is 10.9. The first-order valence-electron chi connectivity index (χ1n) is 8.28. The maximum atomic E-state index is 12.0. The highest BCUT2D eigenvalue weighted by atomic mass is 16.4. The van der Waals surface area contributed by atoms with Crippen LogP contribution in [0.3, 0.4) is 0 Å². The van der Waals surface area contributed by atoms with Crippen molar-refractivity contribution in [3.63, 3.8) is 0 Å². The molecule has 3 rings (SSSR count). The highest BCUT2D eigenvalue weighted by Crippen LogP contribution is 2.33. The third kappa shape index (κ3) is 3.13. The summed E-state index contributed by atoms with van der Waals surface area (Å²) in [5.41, 5.74) is 3.10. The van der Waals surface area contributed by atoms with Crippen LogP contribution in [-0.4, -0.2) is 25.8 Å². The van der Waals surface area contributed by atoms with E-state index >= 15 is 0 Å². The van der Waals surface area contributed by atoms with Crippen molar-refractivity contribution in [1.29, 1.82) is 0 Å². The van der Waals surface area contributed by atoms with E-state index in [1.54, 1.807) is 13.0 Å². The van der Waals surface area contributed by atoms with Gasteiger partial charge in [0.1, 0.15) is 0 Å². The van der Waals surface area contributed by atoms with Crippen LogP contribution in [0.1, 0.15) is 35.8 Å². The molecule has 2 aromatic heterocycles. The molecule has 0 fully saturated rings. The number of carbonyl (C=O) groups is 1. The summed E-state index contributed by atoms with van der Waals surface area (Å²) < 4.78 is 1.39. The molecule has 26 heavy (non-hydrogen) atoms. The van der Waals surface area contributed by atoms with Crippen molar-refractivity contribution < 1.29 is 9.90 Å². The Balaban J connectivity index is 2.34. The van der Waals surface area contributed by atoms with E-state index < -0.39 is 5.97 Å². The number of carboxylic acids is 1. The molecule has 0 radical (unpaired) electrons. The summed E-state index contributed by atoms with van der Waals surface area (Å²) in [5.74, 6) is -1.05. The molecule has 6 nitrogen and oxygen atoms in total. The van der Waals surface area contributed by atoms with Crippen molar-refractivity contribution in [3.8, 4) is 22.5 Å². The SMILES string of the molecule is Cc1c(C(=O)O)cnc(-c2ccccc2)c1-c1ccc(=O)n(C(C)C)n1. The van der Waals surface area contributed by atoms with Gasteiger partial charge in [0.05, 0.1) is 23.0 Å². The zero-order valence-corrected chi connectivity index (χ0v) is 14.8. The van der Waals surface area contributed by atoms with Crippen LogP contribution >= 0.6 is 0 Å². The standard InChI is InChI=1S/C20H19N3O3/c1-12(2)23-17(24)10-9-16(22-23)18-13(3)15(20(25)26)11-21-19(18)14-7-5-4-6-8-14/h4-12H,1-3H3,(H,25,26). The first-order valence-corrected chi connectivity index (χ1v) is 8.28. The third-order valence-electron chi connectivity index (χ3n) is 4.19. The topological polar surface area (TPSA) is 85.1 Å². The van der Waals surface area contributed by atoms with Crippen molar-refractivity contribution in [2.45, 2.75) is 26.8 Å². The molecule has 1 N–H and O–H groups in total. The zero-order valence-electron chi connectivity index (χ0n) is 14.8. The molecule has 0 spiro atoms. The van der Waals surface area contributed by atoms with Gasteiger partial charge in [0.15, 0.2) is 0 Å². The van der Waals surface area contributed by atoms with E-state index in [1.165, 1.54) is 16.9 Å². The van der Waals surface area contributed by atoms with Crippen molar-refractivity contribution in [2.75, 3.05) is 0 Å². The van der Waals surface area contributed by atoms with Gasteiger partial charge in [-0.05, 0) is 32.4 Å². The van der Waals surface area contributed by atoms with Gasteiger partial charge in [-0.3, -0.25) is 9.78 Å². The zero-order chi connectivity index (χ0) is 18.8. The number of hydrogen-bond acceptors (Lipinski definition) is 4. The second kappa shape index (κ2) is 6.92. The molecular weight excluding hydrogens is 330 g/mol. The van der Waals surface area contributed by atoms with Crippen LogP contribution in [0.15, 0.2) is 53.5 Å². The van der Waals surface area contributed by atoms with Crippen LogP contribution in [0.5, 0.6) is 0 Å². The van der Waals surface area contributed by atoms with E-state index in [0.29, 0.717) is 22.5 Å². The van der Waals surface area contributed by atoms with Crippen molar-refractivity contribution in [1.82, 2.24) is 14.8 Å². The Morgan fingerprint density at radius 3 is 2.42 bits per heavy atom. The van der Waals surface area contributed by atoms with Gasteiger partial charge in [0.2, 0.25) is 0 Å². The van der Waals surface area contributed by atoms with E-state index in [-0.39, 0.29) is 17.2 Å². The lowest BCUT2D eigenvalue weighted by Gasteiger charge is -2.16. The van der Waals surface area contributed by atoms with Gasteiger partial charge >= 0.3 is 5.97 Å². The molecule has 132 valence electrons. The predicted octanol–water partition coefficient (Wildman–Crippen LogP) is 3.56. The largest absolute Gasteiger partial charge is 0.478 e. The number of hydrogen-bond donors (Lipinski definition) is 1. The molecule has 0 unspecified atom stereocenters. The number of benzene rings is 1. The van der Waals surface area contributed by atoms with Gasteiger partial charge in [0.25, 0.3) is 5.56 Å². The van der Waals surface area contributed by atoms with Gasteiger partial charge < -0.3 is 5.11 Å². The lowest BCUT2D eigenvalue weighted by atomic mass is 9.96. The molecule has 0 atom stereocenters. The fourth-order valence-corrected chi connectivity index (χ4v) is 2.88. The first kappa shape index (κ1) is 17.5. The molecule has 1 aromatic carbocycles. The number of nitrogens with zero attached hydrogens (tertiary/aromatic N) is 3. The fourth-order valence-electron chi connectivity index (χ4n) is 2.88. The number of pyridine rings is 1. The summed E-state index contributed by atoms with van der Waals surface area (Å²) in [4.78, 5) is 28.0. The molecule has 2 heterocycles. The van der Waals surface area contributed by atoms with Crippen molar-refractivity contribution >= 4 is 5.97 Å². The maximum absolute atomic E-state index is 12.0. The molecule has 0 saturated heterocycles. The highest BCUT2D eigenvalue weighted by Gasteiger charge is 2.20. The van der Waals surface area contributed by atoms with Gasteiger partial charge in [-0.2, -0.15) is 5.10 Å². The molecule has 0 amide bonds. The number of carboxylic acid groups (broad SMARTS) is 1. The number of aromatic carboxylic acids is 1. The summed E-state index contributed by atoms with van der Waals surface area (Å²) >= 11 is 0. The molecule has 0 aliphatic carbocycles. The molecule has 0 aliphatic rings. The van der Waals surface area contributed by atoms with E-state index in [0.717, 1.165) is 5.56 Å². The predicted molar refractivity (Wildman–Crippen MR) is 99.2 cm³/mol. The molecule has 6 heteroatoms. The average molecular weight is 349 g/mol. The summed E-state index contributed by atoms with van der Waals surface area (Å²) in [6.07, 6.45) is 1.36. The van der Waals surface area contributed by atoms with E-state index in [9.17, 15) is 14.7 Å². The molecule has 3 aromatic rings. The number of rotatable bonds is 4. The molecular formula is C20H19N3O3. The Hall–Kier alpha value is -3.28. The van der Waals surface area contributed by atoms with Crippen LogP contribution in [0.2, 0.25) is 0 Å². The van der Waals surface area contributed by atoms with Gasteiger partial charge in [-0.1, -0.05) is 30.3 Å². The van der Waals surface area contributed by atoms with Crippen molar-refractivity contribution in [2.24, 2.45) is 0 Å². The fraction of sp³-hybridized carbons (Fsp3) is 0.200. The monoisotopic (exact) mass is 349 g/mol. The van der Waals surface area contributed by atoms with Crippen LogP contribution in [-0.2, 0) is 0 Å². The van der Waals surface area contributed by atoms with Crippen molar-refractivity contribution in [3.05, 3.63) is 70.1 Å². The summed E-state index contributed by atoms with van der Waals surface area (Å²) in [6.45, 7) is 5.48. The second-order valence-corrected chi connectivity index (χ2v) is 6.29. The van der Waals surface area contributed by atoms with E-state index in [2.05, 4.69) is 10.1 Å². The Labute approximate surface area is 150 Å². The first-order chi connectivity index (χ1) is 12.4. The Kier molecular flexibility index (Phi) is 4.67. The van der Waals surface area contributed by atoms with E-state index in [4.69, 9.17) is 0 Å². The smallest absolute Gasteiger partial charge is 0.337 e. The lowest BCUT2D eigenvalue weighted by molar-refractivity contribution is 0.0695. The molecule has 0 saturated carbocycles. The number of aromatic nitrogens is 3. The molecule has 0 bridgehead atoms. The summed E-state index contributed by atoms with van der Waals surface area (Å²) in [6, 6.07) is 12.5.